The maximum Gasteiger partial charge on any atom is 0.300 e. The molecule has 0 spiro atoms. The normalized spacial score (nSPS) is 10.8. The van der Waals surface area contributed by atoms with Crippen molar-refractivity contribution in [2.45, 2.75) is 26.3 Å². The number of aromatic nitrogens is 3. The molecule has 2 heterocycles. The maximum absolute atomic E-state index is 13.2. The minimum Gasteiger partial charge on any atom is -0.481 e. The van der Waals surface area contributed by atoms with Gasteiger partial charge in [0.25, 0.3) is 11.5 Å². The molecule has 0 aliphatic heterocycles. The summed E-state index contributed by atoms with van der Waals surface area (Å²) in [4.78, 5) is 30.0. The molecule has 0 aliphatic rings. The van der Waals surface area contributed by atoms with Crippen molar-refractivity contribution in [3.05, 3.63) is 100 Å². The van der Waals surface area contributed by atoms with E-state index in [2.05, 4.69) is 33.8 Å². The summed E-state index contributed by atoms with van der Waals surface area (Å²) < 4.78 is 2.31. The first-order valence-electron chi connectivity index (χ1n) is 11.5. The monoisotopic (exact) mass is 468 g/mol. The minimum atomic E-state index is -0.833. The standard InChI is InChI=1S/C26H24N4O.C2H4O2/c27-15-8-16-30-22-14-7-4-11-19(22)24(23(30)17-18-9-2-1-3-10-18)25-26(31)29-21-13-6-5-12-20(21)28-25;1-2(3)4/h1-7,9-14H,8,15-17,27H2,(H,29,31);1H3,(H,3,4). The third-order valence-corrected chi connectivity index (χ3v) is 5.72. The highest BCUT2D eigenvalue weighted by Gasteiger charge is 2.22. The molecule has 4 N–H and O–H groups in total. The molecule has 3 aromatic carbocycles. The Morgan fingerprint density at radius 2 is 1.66 bits per heavy atom. The highest BCUT2D eigenvalue weighted by Crippen LogP contribution is 2.34. The number of para-hydroxylation sites is 3. The van der Waals surface area contributed by atoms with E-state index in [1.165, 1.54) is 5.56 Å². The Kier molecular flexibility index (Phi) is 7.38. The number of hydrogen-bond donors (Lipinski definition) is 3. The average Bonchev–Trinajstić information content (AvgIpc) is 3.15. The Hall–Kier alpha value is -4.23. The smallest absolute Gasteiger partial charge is 0.300 e. The fraction of sp³-hybridized carbons (Fsp3) is 0.179. The summed E-state index contributed by atoms with van der Waals surface area (Å²) in [6, 6.07) is 26.2. The van der Waals surface area contributed by atoms with E-state index in [1.807, 2.05) is 54.6 Å². The van der Waals surface area contributed by atoms with Gasteiger partial charge >= 0.3 is 0 Å². The molecule has 178 valence electrons. The van der Waals surface area contributed by atoms with Gasteiger partial charge in [-0.3, -0.25) is 9.59 Å². The molecule has 0 bridgehead atoms. The van der Waals surface area contributed by atoms with E-state index in [9.17, 15) is 4.79 Å². The van der Waals surface area contributed by atoms with Crippen molar-refractivity contribution in [3.8, 4) is 11.3 Å². The molecule has 0 aliphatic carbocycles. The van der Waals surface area contributed by atoms with E-state index >= 15 is 0 Å². The van der Waals surface area contributed by atoms with Crippen molar-refractivity contribution < 1.29 is 9.90 Å². The topological polar surface area (TPSA) is 114 Å². The van der Waals surface area contributed by atoms with E-state index in [0.29, 0.717) is 18.7 Å². The van der Waals surface area contributed by atoms with Gasteiger partial charge < -0.3 is 20.4 Å². The molecule has 35 heavy (non-hydrogen) atoms. The third kappa shape index (κ3) is 5.31. The van der Waals surface area contributed by atoms with Crippen LogP contribution in [-0.2, 0) is 17.8 Å². The number of aromatic amines is 1. The van der Waals surface area contributed by atoms with Crippen molar-refractivity contribution in [2.24, 2.45) is 5.73 Å². The molecule has 0 saturated heterocycles. The van der Waals surface area contributed by atoms with E-state index < -0.39 is 5.97 Å². The average molecular weight is 469 g/mol. The van der Waals surface area contributed by atoms with Gasteiger partial charge in [0.2, 0.25) is 0 Å². The Labute approximate surface area is 202 Å². The van der Waals surface area contributed by atoms with Crippen LogP contribution < -0.4 is 11.3 Å². The summed E-state index contributed by atoms with van der Waals surface area (Å²) in [5, 5.41) is 8.46. The number of benzene rings is 3. The maximum atomic E-state index is 13.2. The van der Waals surface area contributed by atoms with Gasteiger partial charge in [0.15, 0.2) is 0 Å². The zero-order valence-corrected chi connectivity index (χ0v) is 19.6. The number of carboxylic acids is 1. The Morgan fingerprint density at radius 1 is 1.00 bits per heavy atom. The molecule has 0 fully saturated rings. The molecule has 0 unspecified atom stereocenters. The molecule has 0 atom stereocenters. The van der Waals surface area contributed by atoms with Crippen LogP contribution in [0.2, 0.25) is 0 Å². The van der Waals surface area contributed by atoms with Gasteiger partial charge in [-0.05, 0) is 36.7 Å². The van der Waals surface area contributed by atoms with Gasteiger partial charge in [-0.2, -0.15) is 0 Å². The molecular weight excluding hydrogens is 440 g/mol. The molecule has 7 nitrogen and oxygen atoms in total. The minimum absolute atomic E-state index is 0.172. The van der Waals surface area contributed by atoms with Gasteiger partial charge in [-0.15, -0.1) is 0 Å². The highest BCUT2D eigenvalue weighted by molar-refractivity contribution is 5.98. The number of rotatable bonds is 6. The predicted molar refractivity (Wildman–Crippen MR) is 140 cm³/mol. The van der Waals surface area contributed by atoms with Gasteiger partial charge in [0.05, 0.1) is 11.0 Å². The van der Waals surface area contributed by atoms with Crippen molar-refractivity contribution >= 4 is 27.9 Å². The van der Waals surface area contributed by atoms with E-state index in [1.54, 1.807) is 0 Å². The number of fused-ring (bicyclic) bond motifs is 2. The summed E-state index contributed by atoms with van der Waals surface area (Å²) in [5.74, 6) is -0.833. The van der Waals surface area contributed by atoms with E-state index in [0.717, 1.165) is 53.1 Å². The van der Waals surface area contributed by atoms with Crippen LogP contribution in [0.15, 0.2) is 83.7 Å². The van der Waals surface area contributed by atoms with Gasteiger partial charge in [0, 0.05) is 42.0 Å². The van der Waals surface area contributed by atoms with E-state index in [-0.39, 0.29) is 5.56 Å². The van der Waals surface area contributed by atoms with Crippen LogP contribution in [0.4, 0.5) is 0 Å². The lowest BCUT2D eigenvalue weighted by atomic mass is 10.0. The number of nitrogens with two attached hydrogens (primary N) is 1. The van der Waals surface area contributed by atoms with Crippen LogP contribution in [0.5, 0.6) is 0 Å². The number of H-pyrrole nitrogens is 1. The number of aryl methyl sites for hydroxylation is 1. The lowest BCUT2D eigenvalue weighted by Crippen LogP contribution is -2.14. The van der Waals surface area contributed by atoms with Gasteiger partial charge in [-0.1, -0.05) is 60.7 Å². The molecule has 0 amide bonds. The molecule has 5 rings (SSSR count). The van der Waals surface area contributed by atoms with Crippen LogP contribution in [0.1, 0.15) is 24.6 Å². The van der Waals surface area contributed by atoms with Crippen molar-refractivity contribution in [2.75, 3.05) is 6.54 Å². The summed E-state index contributed by atoms with van der Waals surface area (Å²) in [6.07, 6.45) is 1.57. The molecule has 5 aromatic rings. The largest absolute Gasteiger partial charge is 0.481 e. The van der Waals surface area contributed by atoms with Crippen molar-refractivity contribution in [1.82, 2.24) is 14.5 Å². The fourth-order valence-electron chi connectivity index (χ4n) is 4.30. The first-order chi connectivity index (χ1) is 17.0. The van der Waals surface area contributed by atoms with Gasteiger partial charge in [0.1, 0.15) is 5.69 Å². The van der Waals surface area contributed by atoms with Gasteiger partial charge in [-0.25, -0.2) is 4.98 Å². The molecule has 0 radical (unpaired) electrons. The second kappa shape index (κ2) is 10.8. The van der Waals surface area contributed by atoms with E-state index in [4.69, 9.17) is 20.6 Å². The van der Waals surface area contributed by atoms with Crippen LogP contribution in [0.3, 0.4) is 0 Å². The lowest BCUT2D eigenvalue weighted by molar-refractivity contribution is -0.134. The van der Waals surface area contributed by atoms with Crippen LogP contribution in [-0.4, -0.2) is 32.2 Å². The first kappa shape index (κ1) is 23.9. The third-order valence-electron chi connectivity index (χ3n) is 5.72. The number of hydrogen-bond acceptors (Lipinski definition) is 4. The zero-order chi connectivity index (χ0) is 24.8. The summed E-state index contributed by atoms with van der Waals surface area (Å²) in [6.45, 7) is 2.49. The molecular formula is C28H28N4O3. The van der Waals surface area contributed by atoms with Crippen LogP contribution in [0.25, 0.3) is 33.2 Å². The Bertz CT molecular complexity index is 1520. The quantitative estimate of drug-likeness (QED) is 0.338. The Morgan fingerprint density at radius 3 is 2.40 bits per heavy atom. The number of aliphatic carboxylic acids is 1. The van der Waals surface area contributed by atoms with Crippen LogP contribution >= 0.6 is 0 Å². The molecule has 0 saturated carbocycles. The SMILES string of the molecule is CC(=O)O.NCCCn1c(Cc2ccccc2)c(-c2nc3ccccc3[nH]c2=O)c2ccccc21. The molecule has 7 heteroatoms. The van der Waals surface area contributed by atoms with Crippen LogP contribution in [0, 0.1) is 0 Å². The number of carboxylic acid groups (broad SMARTS) is 1. The second-order valence-electron chi connectivity index (χ2n) is 8.25. The predicted octanol–water partition coefficient (Wildman–Crippen LogP) is 4.58. The zero-order valence-electron chi connectivity index (χ0n) is 19.6. The summed E-state index contributed by atoms with van der Waals surface area (Å²) in [5.41, 5.74) is 12.0. The number of nitrogens with zero attached hydrogens (tertiary/aromatic N) is 2. The number of nitrogens with one attached hydrogen (secondary N) is 1. The fourth-order valence-corrected chi connectivity index (χ4v) is 4.30. The molecule has 2 aromatic heterocycles. The highest BCUT2D eigenvalue weighted by atomic mass is 16.4. The lowest BCUT2D eigenvalue weighted by Gasteiger charge is -2.12. The Balaban J connectivity index is 0.000000672. The number of carbonyl (C=O) groups is 1. The summed E-state index contributed by atoms with van der Waals surface area (Å²) in [7, 11) is 0. The second-order valence-corrected chi connectivity index (χ2v) is 8.25. The van der Waals surface area contributed by atoms with Crippen molar-refractivity contribution in [3.63, 3.8) is 0 Å². The first-order valence-corrected chi connectivity index (χ1v) is 11.5. The van der Waals surface area contributed by atoms with Crippen molar-refractivity contribution in [1.29, 1.82) is 0 Å². The summed E-state index contributed by atoms with van der Waals surface area (Å²) >= 11 is 0.